The van der Waals surface area contributed by atoms with Crippen molar-refractivity contribution in [1.82, 2.24) is 0 Å². The van der Waals surface area contributed by atoms with E-state index in [2.05, 4.69) is 34.6 Å². The minimum atomic E-state index is -4.95. The maximum atomic E-state index is 13.0. The van der Waals surface area contributed by atoms with Crippen molar-refractivity contribution in [2.75, 3.05) is 39.6 Å². The molecule has 0 saturated heterocycles. The first-order chi connectivity index (χ1) is 41.5. The Hall–Kier alpha value is -1.94. The Morgan fingerprint density at radius 1 is 0.314 bits per heavy atom. The minimum Gasteiger partial charge on any atom is -0.462 e. The number of ether oxygens (including phenoxy) is 4. The van der Waals surface area contributed by atoms with Crippen LogP contribution in [-0.4, -0.2) is 96.7 Å². The molecule has 0 rings (SSSR count). The summed E-state index contributed by atoms with van der Waals surface area (Å²) < 4.78 is 68.1. The van der Waals surface area contributed by atoms with Crippen molar-refractivity contribution < 1.29 is 80.2 Å². The average Bonchev–Trinajstić information content (AvgIpc) is 3.69. The quantitative estimate of drug-likeness (QED) is 0.0222. The minimum absolute atomic E-state index is 0.106. The molecule has 2 unspecified atom stereocenters. The van der Waals surface area contributed by atoms with E-state index >= 15 is 0 Å². The number of aliphatic hydroxyl groups excluding tert-OH is 1. The number of carbonyl (C=O) groups excluding carboxylic acids is 4. The fraction of sp³-hybridized carbons (Fsp3) is 0.940. The highest BCUT2D eigenvalue weighted by molar-refractivity contribution is 7.47. The molecule has 0 saturated carbocycles. The van der Waals surface area contributed by atoms with Crippen molar-refractivity contribution in [2.45, 2.75) is 361 Å². The van der Waals surface area contributed by atoms with Gasteiger partial charge in [0.25, 0.3) is 0 Å². The van der Waals surface area contributed by atoms with Gasteiger partial charge < -0.3 is 33.8 Å². The summed E-state index contributed by atoms with van der Waals surface area (Å²) in [5.41, 5.74) is 0. The molecule has 0 aromatic carbocycles. The van der Waals surface area contributed by atoms with Crippen LogP contribution in [0.4, 0.5) is 0 Å². The molecule has 0 aliphatic heterocycles. The number of hydrogen-bond acceptors (Lipinski definition) is 15. The molecule has 0 radical (unpaired) electrons. The van der Waals surface area contributed by atoms with Crippen LogP contribution in [0.3, 0.4) is 0 Å². The zero-order valence-electron chi connectivity index (χ0n) is 55.4. The zero-order valence-corrected chi connectivity index (χ0v) is 57.2. The summed E-state index contributed by atoms with van der Waals surface area (Å²) in [6, 6.07) is 0. The van der Waals surface area contributed by atoms with Crippen molar-refractivity contribution in [3.05, 3.63) is 0 Å². The van der Waals surface area contributed by atoms with Crippen LogP contribution >= 0.6 is 15.6 Å². The van der Waals surface area contributed by atoms with Crippen LogP contribution in [0.25, 0.3) is 0 Å². The summed E-state index contributed by atoms with van der Waals surface area (Å²) in [7, 11) is -9.89. The summed E-state index contributed by atoms with van der Waals surface area (Å²) in [4.78, 5) is 72.4. The second-order valence-electron chi connectivity index (χ2n) is 24.7. The van der Waals surface area contributed by atoms with Gasteiger partial charge in [-0.3, -0.25) is 37.3 Å². The van der Waals surface area contributed by atoms with E-state index in [1.54, 1.807) is 0 Å². The van der Waals surface area contributed by atoms with Gasteiger partial charge in [0.2, 0.25) is 0 Å². The molecule has 0 spiro atoms. The third kappa shape index (κ3) is 60.9. The summed E-state index contributed by atoms with van der Waals surface area (Å²) >= 11 is 0. The van der Waals surface area contributed by atoms with Gasteiger partial charge in [0, 0.05) is 25.7 Å². The van der Waals surface area contributed by atoms with Crippen molar-refractivity contribution in [2.24, 2.45) is 5.92 Å². The number of carbonyl (C=O) groups is 4. The van der Waals surface area contributed by atoms with Gasteiger partial charge in [0.05, 0.1) is 26.4 Å². The Kier molecular flexibility index (Phi) is 59.2. The van der Waals surface area contributed by atoms with Crippen LogP contribution in [0.15, 0.2) is 0 Å². The van der Waals surface area contributed by atoms with Crippen LogP contribution in [0, 0.1) is 5.92 Å². The highest BCUT2D eigenvalue weighted by atomic mass is 31.2. The Balaban J connectivity index is 5.24. The normalized spacial score (nSPS) is 14.2. The molecule has 19 heteroatoms. The molecule has 17 nitrogen and oxygen atoms in total. The van der Waals surface area contributed by atoms with Gasteiger partial charge in [-0.1, -0.05) is 291 Å². The number of hydrogen-bond donors (Lipinski definition) is 3. The third-order valence-electron chi connectivity index (χ3n) is 15.5. The fourth-order valence-corrected chi connectivity index (χ4v) is 11.7. The van der Waals surface area contributed by atoms with Crippen LogP contribution < -0.4 is 0 Å². The molecular formula is C67H130O17P2. The largest absolute Gasteiger partial charge is 0.472 e. The topological polar surface area (TPSA) is 237 Å². The molecule has 0 amide bonds. The monoisotopic (exact) mass is 1270 g/mol. The van der Waals surface area contributed by atoms with Gasteiger partial charge in [-0.2, -0.15) is 0 Å². The number of rotatable bonds is 67. The first-order valence-corrected chi connectivity index (χ1v) is 38.1. The standard InChI is InChI=1S/C67H130O17P2/c1-6-9-12-15-18-21-24-25-26-29-32-37-43-48-53-67(72)83-62(56-77-64(69)50-45-40-35-30-27-22-19-16-13-10-7-2)58-81-85(73,74)79-54-61(68)55-80-86(75,76)82-59-63(57-78-65(70)51-46-41-38-33-34-39-44-49-60(4)5)84-66(71)52-47-42-36-31-28-23-20-17-14-11-8-3/h60-63,68H,6-59H2,1-5H3,(H,73,74)(H,75,76)/t61-,62-,63-/m1/s1. The summed E-state index contributed by atoms with van der Waals surface area (Å²) in [6.45, 7) is 7.16. The van der Waals surface area contributed by atoms with E-state index in [1.165, 1.54) is 161 Å². The molecule has 0 bridgehead atoms. The van der Waals surface area contributed by atoms with E-state index in [4.69, 9.17) is 37.0 Å². The second kappa shape index (κ2) is 60.6. The highest BCUT2D eigenvalue weighted by Crippen LogP contribution is 2.45. The van der Waals surface area contributed by atoms with Crippen LogP contribution in [0.5, 0.6) is 0 Å². The molecular weight excluding hydrogens is 1140 g/mol. The molecule has 0 aromatic heterocycles. The number of esters is 4. The fourth-order valence-electron chi connectivity index (χ4n) is 10.1. The maximum Gasteiger partial charge on any atom is 0.472 e. The van der Waals surface area contributed by atoms with E-state index in [-0.39, 0.29) is 25.7 Å². The maximum absolute atomic E-state index is 13.0. The Labute approximate surface area is 524 Å². The lowest BCUT2D eigenvalue weighted by Crippen LogP contribution is -2.30. The number of phosphoric ester groups is 2. The molecule has 0 heterocycles. The molecule has 0 fully saturated rings. The Bertz CT molecular complexity index is 1670. The van der Waals surface area contributed by atoms with E-state index in [1.807, 2.05) is 0 Å². The summed E-state index contributed by atoms with van der Waals surface area (Å²) in [5.74, 6) is -1.42. The molecule has 510 valence electrons. The van der Waals surface area contributed by atoms with Crippen molar-refractivity contribution in [3.63, 3.8) is 0 Å². The van der Waals surface area contributed by atoms with E-state index in [0.717, 1.165) is 96.3 Å². The van der Waals surface area contributed by atoms with Crippen LogP contribution in [-0.2, 0) is 65.4 Å². The van der Waals surface area contributed by atoms with Gasteiger partial charge in [0.1, 0.15) is 19.3 Å². The molecule has 86 heavy (non-hydrogen) atoms. The SMILES string of the molecule is CCCCCCCCCCCCCCCCC(=O)O[C@H](COC(=O)CCCCCCCCCCCCC)COP(=O)(O)OC[C@@H](O)COP(=O)(O)OC[C@@H](COC(=O)CCCCCCCCCC(C)C)OC(=O)CCCCCCCCCCCCC. The van der Waals surface area contributed by atoms with Gasteiger partial charge in [-0.15, -0.1) is 0 Å². The van der Waals surface area contributed by atoms with Crippen molar-refractivity contribution in [1.29, 1.82) is 0 Å². The molecule has 0 aliphatic carbocycles. The Morgan fingerprint density at radius 2 is 0.535 bits per heavy atom. The van der Waals surface area contributed by atoms with Gasteiger partial charge in [-0.25, -0.2) is 9.13 Å². The predicted molar refractivity (Wildman–Crippen MR) is 345 cm³/mol. The summed E-state index contributed by atoms with van der Waals surface area (Å²) in [6.07, 6.45) is 45.7. The average molecular weight is 1270 g/mol. The van der Waals surface area contributed by atoms with E-state index < -0.39 is 97.5 Å². The number of unbranched alkanes of at least 4 members (excludes halogenated alkanes) is 39. The highest BCUT2D eigenvalue weighted by Gasteiger charge is 2.30. The lowest BCUT2D eigenvalue weighted by molar-refractivity contribution is -0.161. The molecule has 0 aliphatic rings. The lowest BCUT2D eigenvalue weighted by atomic mass is 10.0. The molecule has 0 aromatic rings. The van der Waals surface area contributed by atoms with Gasteiger partial charge in [0.15, 0.2) is 12.2 Å². The van der Waals surface area contributed by atoms with Crippen LogP contribution in [0.2, 0.25) is 0 Å². The van der Waals surface area contributed by atoms with Crippen molar-refractivity contribution in [3.8, 4) is 0 Å². The first-order valence-electron chi connectivity index (χ1n) is 35.1. The van der Waals surface area contributed by atoms with E-state index in [0.29, 0.717) is 31.6 Å². The number of aliphatic hydroxyl groups is 1. The molecule has 3 N–H and O–H groups in total. The zero-order chi connectivity index (χ0) is 63.5. The Morgan fingerprint density at radius 3 is 0.791 bits per heavy atom. The van der Waals surface area contributed by atoms with Crippen molar-refractivity contribution >= 4 is 39.5 Å². The van der Waals surface area contributed by atoms with Gasteiger partial charge >= 0.3 is 39.5 Å². The van der Waals surface area contributed by atoms with E-state index in [9.17, 15) is 43.2 Å². The first kappa shape index (κ1) is 84.1. The number of phosphoric acid groups is 2. The smallest absolute Gasteiger partial charge is 0.462 e. The summed E-state index contributed by atoms with van der Waals surface area (Å²) in [5, 5.41) is 10.6. The van der Waals surface area contributed by atoms with Crippen LogP contribution in [0.1, 0.15) is 343 Å². The van der Waals surface area contributed by atoms with Gasteiger partial charge in [-0.05, 0) is 31.6 Å². The second-order valence-corrected chi connectivity index (χ2v) is 27.6. The third-order valence-corrected chi connectivity index (χ3v) is 17.4. The lowest BCUT2D eigenvalue weighted by Gasteiger charge is -2.21. The predicted octanol–water partition coefficient (Wildman–Crippen LogP) is 19.0. The molecule has 5 atom stereocenters.